The molecule has 31 heavy (non-hydrogen) atoms. The van der Waals surface area contributed by atoms with Gasteiger partial charge >= 0.3 is 5.91 Å². The summed E-state index contributed by atoms with van der Waals surface area (Å²) in [6, 6.07) is 9.57. The highest BCUT2D eigenvalue weighted by atomic mass is 32.2. The summed E-state index contributed by atoms with van der Waals surface area (Å²) in [6.07, 6.45) is 0. The van der Waals surface area contributed by atoms with Crippen molar-refractivity contribution in [3.63, 3.8) is 0 Å². The number of sulfonamides is 1. The molecule has 1 heterocycles. The van der Waals surface area contributed by atoms with Gasteiger partial charge in [-0.3, -0.25) is 10.0 Å². The number of hydrogen-bond donors (Lipinski definition) is 2. The molecule has 0 unspecified atom stereocenters. The highest BCUT2D eigenvalue weighted by Gasteiger charge is 2.19. The van der Waals surface area contributed by atoms with Gasteiger partial charge < -0.3 is 9.15 Å². The SMILES string of the molecule is COc1ccc(-c2nc(C#CC(=O)N(C)O)oc2-c2ccc(S(N)(=O)=O)cc2)cc1F. The molecule has 0 spiro atoms. The first kappa shape index (κ1) is 22.0. The Morgan fingerprint density at radius 2 is 1.87 bits per heavy atom. The summed E-state index contributed by atoms with van der Waals surface area (Å²) in [6.45, 7) is 0. The third kappa shape index (κ3) is 4.89. The van der Waals surface area contributed by atoms with Crippen molar-refractivity contribution in [2.24, 2.45) is 5.14 Å². The molecule has 0 bridgehead atoms. The van der Waals surface area contributed by atoms with E-state index in [1.807, 2.05) is 0 Å². The van der Waals surface area contributed by atoms with Gasteiger partial charge in [-0.25, -0.2) is 28.0 Å². The third-order valence-corrected chi connectivity index (χ3v) is 5.00. The molecule has 1 aromatic heterocycles. The van der Waals surface area contributed by atoms with Gasteiger partial charge in [-0.1, -0.05) is 0 Å². The summed E-state index contributed by atoms with van der Waals surface area (Å²) >= 11 is 0. The summed E-state index contributed by atoms with van der Waals surface area (Å²) < 4.78 is 47.8. The van der Waals surface area contributed by atoms with E-state index in [1.54, 1.807) is 6.07 Å². The van der Waals surface area contributed by atoms with E-state index in [2.05, 4.69) is 16.8 Å². The summed E-state index contributed by atoms with van der Waals surface area (Å²) in [5.74, 6) is 3.01. The van der Waals surface area contributed by atoms with E-state index in [1.165, 1.54) is 43.5 Å². The van der Waals surface area contributed by atoms with E-state index < -0.39 is 21.7 Å². The Kier molecular flexibility index (Phi) is 6.07. The van der Waals surface area contributed by atoms with Crippen molar-refractivity contribution in [2.75, 3.05) is 14.2 Å². The van der Waals surface area contributed by atoms with Crippen molar-refractivity contribution >= 4 is 15.9 Å². The molecule has 0 saturated heterocycles. The lowest BCUT2D eigenvalue weighted by atomic mass is 10.1. The Bertz CT molecular complexity index is 1300. The fourth-order valence-corrected chi connectivity index (χ4v) is 3.08. The van der Waals surface area contributed by atoms with Crippen molar-refractivity contribution in [2.45, 2.75) is 4.90 Å². The minimum atomic E-state index is -3.90. The molecule has 1 amide bonds. The predicted octanol–water partition coefficient (Wildman–Crippen LogP) is 2.00. The lowest BCUT2D eigenvalue weighted by molar-refractivity contribution is -0.152. The largest absolute Gasteiger partial charge is 0.494 e. The average molecular weight is 445 g/mol. The number of aromatic nitrogens is 1. The zero-order valence-corrected chi connectivity index (χ0v) is 17.1. The van der Waals surface area contributed by atoms with Gasteiger partial charge in [0.2, 0.25) is 10.0 Å². The number of benzene rings is 2. The number of ether oxygens (including phenoxy) is 1. The number of amides is 1. The molecular formula is C20H16FN3O6S. The molecule has 160 valence electrons. The second-order valence-electron chi connectivity index (χ2n) is 6.19. The van der Waals surface area contributed by atoms with Gasteiger partial charge in [0, 0.05) is 30.0 Å². The zero-order valence-electron chi connectivity index (χ0n) is 16.3. The molecule has 11 heteroatoms. The number of primary sulfonamides is 1. The number of carbonyl (C=O) groups excluding carboxylic acids is 1. The minimum absolute atomic E-state index is 0.0305. The van der Waals surface area contributed by atoms with Crippen LogP contribution in [-0.2, 0) is 14.8 Å². The summed E-state index contributed by atoms with van der Waals surface area (Å²) in [5.41, 5.74) is 0.926. The van der Waals surface area contributed by atoms with Crippen LogP contribution in [0, 0.1) is 17.7 Å². The second-order valence-corrected chi connectivity index (χ2v) is 7.76. The first-order valence-corrected chi connectivity index (χ1v) is 10.1. The first-order valence-electron chi connectivity index (χ1n) is 8.56. The maximum Gasteiger partial charge on any atom is 0.322 e. The van der Waals surface area contributed by atoms with Crippen LogP contribution >= 0.6 is 0 Å². The molecule has 3 rings (SSSR count). The van der Waals surface area contributed by atoms with Gasteiger partial charge in [-0.15, -0.1) is 0 Å². The van der Waals surface area contributed by atoms with Crippen LogP contribution in [0.2, 0.25) is 0 Å². The monoisotopic (exact) mass is 445 g/mol. The fourth-order valence-electron chi connectivity index (χ4n) is 2.56. The molecule has 0 aliphatic rings. The van der Waals surface area contributed by atoms with Crippen molar-refractivity contribution in [1.82, 2.24) is 10.0 Å². The molecule has 9 nitrogen and oxygen atoms in total. The highest BCUT2D eigenvalue weighted by molar-refractivity contribution is 7.89. The molecule has 0 aliphatic heterocycles. The number of nitrogens with two attached hydrogens (primary N) is 1. The first-order chi connectivity index (χ1) is 14.6. The van der Waals surface area contributed by atoms with Crippen LogP contribution in [0.1, 0.15) is 5.89 Å². The maximum absolute atomic E-state index is 14.2. The number of hydroxylamine groups is 2. The van der Waals surface area contributed by atoms with Crippen molar-refractivity contribution in [3.8, 4) is 40.2 Å². The van der Waals surface area contributed by atoms with Crippen LogP contribution in [0.15, 0.2) is 51.8 Å². The number of halogens is 1. The number of rotatable bonds is 4. The predicted molar refractivity (Wildman–Crippen MR) is 107 cm³/mol. The standard InChI is InChI=1S/C20H16FN3O6S/c1-24(26)18(25)10-9-17-23-19(13-5-8-16(29-2)15(21)11-13)20(30-17)12-3-6-14(7-4-12)31(22,27)28/h3-8,11,26H,1-2H3,(H2,22,27,28). The lowest BCUT2D eigenvalue weighted by Crippen LogP contribution is -2.20. The Hall–Kier alpha value is -3.72. The van der Waals surface area contributed by atoms with E-state index in [-0.39, 0.29) is 28.0 Å². The van der Waals surface area contributed by atoms with Gasteiger partial charge in [-0.05, 0) is 42.5 Å². The minimum Gasteiger partial charge on any atom is -0.494 e. The molecule has 3 N–H and O–H groups in total. The Morgan fingerprint density at radius 3 is 2.42 bits per heavy atom. The van der Waals surface area contributed by atoms with Crippen molar-refractivity contribution in [1.29, 1.82) is 0 Å². The summed E-state index contributed by atoms with van der Waals surface area (Å²) in [4.78, 5) is 15.6. The van der Waals surface area contributed by atoms with E-state index in [0.29, 0.717) is 16.2 Å². The van der Waals surface area contributed by atoms with Gasteiger partial charge in [0.25, 0.3) is 5.89 Å². The molecule has 0 atom stereocenters. The van der Waals surface area contributed by atoms with E-state index >= 15 is 0 Å². The van der Waals surface area contributed by atoms with Gasteiger partial charge in [0.05, 0.1) is 12.0 Å². The topological polar surface area (TPSA) is 136 Å². The lowest BCUT2D eigenvalue weighted by Gasteiger charge is -2.05. The molecule has 2 aromatic carbocycles. The molecule has 3 aromatic rings. The summed E-state index contributed by atoms with van der Waals surface area (Å²) in [7, 11) is -1.46. The quantitative estimate of drug-likeness (QED) is 0.356. The number of hydrogen-bond acceptors (Lipinski definition) is 7. The van der Waals surface area contributed by atoms with E-state index in [4.69, 9.17) is 19.5 Å². The van der Waals surface area contributed by atoms with Crippen LogP contribution in [-0.4, -0.2) is 43.7 Å². The molecule has 0 fully saturated rings. The molecule has 0 radical (unpaired) electrons. The Balaban J connectivity index is 2.14. The highest BCUT2D eigenvalue weighted by Crippen LogP contribution is 2.34. The van der Waals surface area contributed by atoms with Crippen molar-refractivity contribution in [3.05, 3.63) is 54.2 Å². The molecule has 0 aliphatic carbocycles. The fraction of sp³-hybridized carbons (Fsp3) is 0.100. The smallest absolute Gasteiger partial charge is 0.322 e. The Morgan fingerprint density at radius 1 is 1.23 bits per heavy atom. The zero-order chi connectivity index (χ0) is 22.8. The van der Waals surface area contributed by atoms with E-state index in [0.717, 1.165) is 7.05 Å². The molecule has 0 saturated carbocycles. The second kappa shape index (κ2) is 8.57. The normalized spacial score (nSPS) is 10.9. The van der Waals surface area contributed by atoms with Gasteiger partial charge in [0.1, 0.15) is 5.69 Å². The number of oxazole rings is 1. The van der Waals surface area contributed by atoms with Crippen molar-refractivity contribution < 1.29 is 32.0 Å². The van der Waals surface area contributed by atoms with E-state index in [9.17, 15) is 17.6 Å². The number of carbonyl (C=O) groups is 1. The Labute approximate surface area is 176 Å². The molecular weight excluding hydrogens is 429 g/mol. The third-order valence-electron chi connectivity index (χ3n) is 4.07. The maximum atomic E-state index is 14.2. The van der Waals surface area contributed by atoms with Crippen LogP contribution in [0.3, 0.4) is 0 Å². The van der Waals surface area contributed by atoms with Gasteiger partial charge in [0.15, 0.2) is 17.3 Å². The van der Waals surface area contributed by atoms with Crippen LogP contribution in [0.5, 0.6) is 5.75 Å². The van der Waals surface area contributed by atoms with Gasteiger partial charge in [-0.2, -0.15) is 0 Å². The number of methoxy groups -OCH3 is 1. The van der Waals surface area contributed by atoms with Crippen LogP contribution in [0.4, 0.5) is 4.39 Å². The number of nitrogens with zero attached hydrogens (tertiary/aromatic N) is 2. The van der Waals surface area contributed by atoms with Crippen LogP contribution < -0.4 is 9.88 Å². The van der Waals surface area contributed by atoms with Crippen LogP contribution in [0.25, 0.3) is 22.6 Å². The average Bonchev–Trinajstić information content (AvgIpc) is 3.15. The summed E-state index contributed by atoms with van der Waals surface area (Å²) in [5, 5.41) is 14.5.